The fourth-order valence-corrected chi connectivity index (χ4v) is 1.87. The lowest BCUT2D eigenvalue weighted by Gasteiger charge is -2.07. The molecule has 0 aliphatic heterocycles. The van der Waals surface area contributed by atoms with E-state index in [0.717, 1.165) is 0 Å². The number of carboxylic acid groups (broad SMARTS) is 1. The summed E-state index contributed by atoms with van der Waals surface area (Å²) in [5, 5.41) is 17.1. The van der Waals surface area contributed by atoms with E-state index in [4.69, 9.17) is 5.11 Å². The zero-order chi connectivity index (χ0) is 14.2. The molecule has 19 heavy (non-hydrogen) atoms. The second-order valence-corrected chi connectivity index (χ2v) is 4.21. The van der Waals surface area contributed by atoms with Gasteiger partial charge in [0.25, 0.3) is 0 Å². The van der Waals surface area contributed by atoms with Gasteiger partial charge in [0, 0.05) is 18.8 Å². The van der Waals surface area contributed by atoms with Gasteiger partial charge < -0.3 is 5.11 Å². The van der Waals surface area contributed by atoms with Crippen molar-refractivity contribution < 1.29 is 9.90 Å². The van der Waals surface area contributed by atoms with Gasteiger partial charge in [0.1, 0.15) is 5.69 Å². The van der Waals surface area contributed by atoms with E-state index < -0.39 is 17.1 Å². The van der Waals surface area contributed by atoms with Crippen LogP contribution >= 0.6 is 0 Å². The monoisotopic (exact) mass is 262 g/mol. The van der Waals surface area contributed by atoms with Crippen molar-refractivity contribution in [3.63, 3.8) is 0 Å². The van der Waals surface area contributed by atoms with Crippen molar-refractivity contribution in [2.24, 2.45) is 7.05 Å². The van der Waals surface area contributed by atoms with Gasteiger partial charge in [-0.25, -0.2) is 9.48 Å². The van der Waals surface area contributed by atoms with Gasteiger partial charge in [-0.2, -0.15) is 10.2 Å². The number of aromatic nitrogens is 4. The van der Waals surface area contributed by atoms with E-state index in [1.165, 1.54) is 4.68 Å². The normalized spacial score (nSPS) is 10.7. The molecule has 0 atom stereocenters. The van der Waals surface area contributed by atoms with Crippen molar-refractivity contribution in [3.05, 3.63) is 39.6 Å². The van der Waals surface area contributed by atoms with Crippen LogP contribution in [-0.2, 0) is 13.5 Å². The molecule has 2 rings (SSSR count). The van der Waals surface area contributed by atoms with Gasteiger partial charge in [-0.05, 0) is 13.3 Å². The van der Waals surface area contributed by atoms with Crippen LogP contribution in [0.3, 0.4) is 0 Å². The summed E-state index contributed by atoms with van der Waals surface area (Å²) in [6.07, 6.45) is 3.72. The van der Waals surface area contributed by atoms with Gasteiger partial charge in [0.05, 0.1) is 11.9 Å². The molecule has 0 amide bonds. The van der Waals surface area contributed by atoms with Gasteiger partial charge in [-0.1, -0.05) is 6.92 Å². The third-order valence-corrected chi connectivity index (χ3v) is 2.81. The molecule has 0 aromatic carbocycles. The van der Waals surface area contributed by atoms with Crippen LogP contribution in [-0.4, -0.2) is 30.6 Å². The number of carboxylic acids is 1. The van der Waals surface area contributed by atoms with E-state index in [1.54, 1.807) is 38.0 Å². The van der Waals surface area contributed by atoms with Gasteiger partial charge in [0.2, 0.25) is 11.1 Å². The number of aromatic carboxylic acids is 1. The van der Waals surface area contributed by atoms with Crippen molar-refractivity contribution in [2.75, 3.05) is 0 Å². The highest BCUT2D eigenvalue weighted by Crippen LogP contribution is 2.10. The van der Waals surface area contributed by atoms with Crippen LogP contribution < -0.4 is 5.43 Å². The molecular formula is C12H14N4O3. The minimum atomic E-state index is -1.32. The molecule has 7 nitrogen and oxygen atoms in total. The first-order valence-electron chi connectivity index (χ1n) is 5.80. The van der Waals surface area contributed by atoms with Crippen LogP contribution in [0, 0.1) is 6.92 Å². The molecule has 0 spiro atoms. The molecule has 7 heteroatoms. The number of aryl methyl sites for hydroxylation is 3. The standard InChI is InChI=1S/C12H14N4O3/c1-4-8-5-16(9-6-15(3)13-7(9)2)14-10(11(8)17)12(18)19/h5-6H,4H2,1-3H3,(H,18,19). The average molecular weight is 262 g/mol. The van der Waals surface area contributed by atoms with Crippen LogP contribution in [0.5, 0.6) is 0 Å². The lowest BCUT2D eigenvalue weighted by Crippen LogP contribution is -2.24. The summed E-state index contributed by atoms with van der Waals surface area (Å²) in [7, 11) is 1.76. The van der Waals surface area contributed by atoms with E-state index >= 15 is 0 Å². The summed E-state index contributed by atoms with van der Waals surface area (Å²) in [5.41, 5.74) is 0.766. The quantitative estimate of drug-likeness (QED) is 0.871. The highest BCUT2D eigenvalue weighted by molar-refractivity contribution is 5.85. The van der Waals surface area contributed by atoms with Crippen molar-refractivity contribution in [3.8, 4) is 5.69 Å². The van der Waals surface area contributed by atoms with Gasteiger partial charge in [-0.15, -0.1) is 0 Å². The van der Waals surface area contributed by atoms with Crippen LogP contribution in [0.1, 0.15) is 28.7 Å². The Hall–Kier alpha value is -2.44. The zero-order valence-corrected chi connectivity index (χ0v) is 10.9. The topological polar surface area (TPSA) is 90.0 Å². The van der Waals surface area contributed by atoms with Crippen molar-refractivity contribution in [1.82, 2.24) is 19.6 Å². The smallest absolute Gasteiger partial charge is 0.360 e. The highest BCUT2D eigenvalue weighted by Gasteiger charge is 2.17. The molecule has 2 aromatic heterocycles. The third kappa shape index (κ3) is 2.26. The number of hydrogen-bond donors (Lipinski definition) is 1. The summed E-state index contributed by atoms with van der Waals surface area (Å²) < 4.78 is 3.00. The Labute approximate surface area is 109 Å². The largest absolute Gasteiger partial charge is 0.476 e. The summed E-state index contributed by atoms with van der Waals surface area (Å²) in [6, 6.07) is 0. The molecule has 0 bridgehead atoms. The van der Waals surface area contributed by atoms with E-state index in [1.807, 2.05) is 0 Å². The van der Waals surface area contributed by atoms with Crippen LogP contribution in [0.2, 0.25) is 0 Å². The third-order valence-electron chi connectivity index (χ3n) is 2.81. The van der Waals surface area contributed by atoms with Crippen molar-refractivity contribution in [2.45, 2.75) is 20.3 Å². The SMILES string of the molecule is CCc1cn(-c2cn(C)nc2C)nc(C(=O)O)c1=O. The molecule has 100 valence electrons. The van der Waals surface area contributed by atoms with Crippen LogP contribution in [0.15, 0.2) is 17.2 Å². The van der Waals surface area contributed by atoms with Crippen LogP contribution in [0.25, 0.3) is 5.69 Å². The number of carbonyl (C=O) groups is 1. The van der Waals surface area contributed by atoms with E-state index in [-0.39, 0.29) is 0 Å². The van der Waals surface area contributed by atoms with E-state index in [0.29, 0.717) is 23.4 Å². The molecule has 0 aliphatic rings. The number of nitrogens with zero attached hydrogens (tertiary/aromatic N) is 4. The molecule has 0 radical (unpaired) electrons. The first-order chi connectivity index (χ1) is 8.93. The minimum Gasteiger partial charge on any atom is -0.476 e. The molecule has 2 heterocycles. The average Bonchev–Trinajstić information content (AvgIpc) is 2.68. The molecule has 2 aromatic rings. The summed E-state index contributed by atoms with van der Waals surface area (Å²) in [4.78, 5) is 22.9. The maximum absolute atomic E-state index is 11.8. The molecule has 0 saturated carbocycles. The Balaban J connectivity index is 2.71. The van der Waals surface area contributed by atoms with Gasteiger partial charge >= 0.3 is 5.97 Å². The Kier molecular flexibility index (Phi) is 3.20. The highest BCUT2D eigenvalue weighted by atomic mass is 16.4. The Bertz CT molecular complexity index is 699. The molecule has 0 aliphatic carbocycles. The summed E-state index contributed by atoms with van der Waals surface area (Å²) >= 11 is 0. The van der Waals surface area contributed by atoms with Gasteiger partial charge in [0.15, 0.2) is 0 Å². The van der Waals surface area contributed by atoms with E-state index in [9.17, 15) is 9.59 Å². The molecular weight excluding hydrogens is 248 g/mol. The Morgan fingerprint density at radius 1 is 1.37 bits per heavy atom. The van der Waals surface area contributed by atoms with Crippen molar-refractivity contribution in [1.29, 1.82) is 0 Å². The Morgan fingerprint density at radius 3 is 2.53 bits per heavy atom. The Morgan fingerprint density at radius 2 is 2.05 bits per heavy atom. The second-order valence-electron chi connectivity index (χ2n) is 4.21. The fourth-order valence-electron chi connectivity index (χ4n) is 1.87. The predicted molar refractivity (Wildman–Crippen MR) is 67.7 cm³/mol. The minimum absolute atomic E-state index is 0.413. The predicted octanol–water partition coefficient (Wildman–Crippen LogP) is 0.535. The van der Waals surface area contributed by atoms with Crippen LogP contribution in [0.4, 0.5) is 0 Å². The molecule has 0 unspecified atom stereocenters. The fraction of sp³-hybridized carbons (Fsp3) is 0.333. The van der Waals surface area contributed by atoms with E-state index in [2.05, 4.69) is 10.2 Å². The molecule has 1 N–H and O–H groups in total. The van der Waals surface area contributed by atoms with Gasteiger partial charge in [-0.3, -0.25) is 9.48 Å². The maximum Gasteiger partial charge on any atom is 0.360 e. The lowest BCUT2D eigenvalue weighted by molar-refractivity contribution is 0.0686. The zero-order valence-electron chi connectivity index (χ0n) is 10.9. The molecule has 0 fully saturated rings. The first kappa shape index (κ1) is 13.0. The molecule has 0 saturated heterocycles. The van der Waals surface area contributed by atoms with Crippen molar-refractivity contribution >= 4 is 5.97 Å². The lowest BCUT2D eigenvalue weighted by atomic mass is 10.2. The second kappa shape index (κ2) is 4.68. The number of rotatable bonds is 3. The summed E-state index contributed by atoms with van der Waals surface area (Å²) in [6.45, 7) is 3.59. The summed E-state index contributed by atoms with van der Waals surface area (Å²) in [5.74, 6) is -1.32. The first-order valence-corrected chi connectivity index (χ1v) is 5.80. The maximum atomic E-state index is 11.8. The number of hydrogen-bond acceptors (Lipinski definition) is 4.